The van der Waals surface area contributed by atoms with E-state index in [2.05, 4.69) is 26.2 Å². The van der Waals surface area contributed by atoms with E-state index in [0.29, 0.717) is 32.6 Å². The van der Waals surface area contributed by atoms with Crippen molar-refractivity contribution in [3.05, 3.63) is 103 Å². The Bertz CT molecular complexity index is 1700. The maximum Gasteiger partial charge on any atom is 0.305 e. The molecule has 0 bridgehead atoms. The summed E-state index contributed by atoms with van der Waals surface area (Å²) in [5.41, 5.74) is 2.79. The highest BCUT2D eigenvalue weighted by molar-refractivity contribution is 9.10. The lowest BCUT2D eigenvalue weighted by molar-refractivity contribution is -0.122. The van der Waals surface area contributed by atoms with Gasteiger partial charge in [0, 0.05) is 26.5 Å². The van der Waals surface area contributed by atoms with Crippen molar-refractivity contribution in [3.63, 3.8) is 0 Å². The minimum Gasteiger partial charge on any atom is -0.483 e. The summed E-state index contributed by atoms with van der Waals surface area (Å²) in [5.74, 6) is -2.02. The molecule has 0 saturated carbocycles. The van der Waals surface area contributed by atoms with Gasteiger partial charge in [0.1, 0.15) is 11.0 Å². The second kappa shape index (κ2) is 10.7. The number of aromatic nitrogens is 1. The number of carbonyl (C=O) groups is 3. The Morgan fingerprint density at radius 3 is 2.60 bits per heavy atom. The summed E-state index contributed by atoms with van der Waals surface area (Å²) in [6, 6.07) is 21.6. The van der Waals surface area contributed by atoms with Gasteiger partial charge in [-0.25, -0.2) is 4.90 Å². The third-order valence-corrected chi connectivity index (χ3v) is 9.70. The Morgan fingerprint density at radius 1 is 1.02 bits per heavy atom. The predicted molar refractivity (Wildman–Crippen MR) is 158 cm³/mol. The van der Waals surface area contributed by atoms with Gasteiger partial charge < -0.3 is 15.0 Å². The quantitative estimate of drug-likeness (QED) is 0.278. The number of ether oxygens (including phenoxy) is 1. The Morgan fingerprint density at radius 2 is 1.82 bits per heavy atom. The zero-order chi connectivity index (χ0) is 28.0. The molecule has 6 rings (SSSR count). The number of fused-ring (bicyclic) bond motifs is 2. The van der Waals surface area contributed by atoms with Crippen LogP contribution in [0.3, 0.4) is 0 Å². The average molecular weight is 637 g/mol. The van der Waals surface area contributed by atoms with Crippen LogP contribution in [-0.2, 0) is 14.4 Å². The van der Waals surface area contributed by atoms with Crippen molar-refractivity contribution in [2.24, 2.45) is 5.92 Å². The fourth-order valence-corrected chi connectivity index (χ4v) is 8.03. The highest BCUT2D eigenvalue weighted by atomic mass is 79.9. The Labute approximate surface area is 245 Å². The molecule has 2 aliphatic rings. The van der Waals surface area contributed by atoms with Gasteiger partial charge in [-0.3, -0.25) is 19.2 Å². The second-order valence-electron chi connectivity index (χ2n) is 9.49. The molecule has 0 aliphatic carbocycles. The fraction of sp³-hybridized carbons (Fsp3) is 0.172. The van der Waals surface area contributed by atoms with Gasteiger partial charge >= 0.3 is 4.87 Å². The maximum absolute atomic E-state index is 13.9. The molecule has 4 aromatic rings. The molecule has 0 radical (unpaired) electrons. The number of rotatable bonds is 6. The van der Waals surface area contributed by atoms with E-state index in [0.717, 1.165) is 21.4 Å². The summed E-state index contributed by atoms with van der Waals surface area (Å²) < 4.78 is 6.75. The first kappa shape index (κ1) is 26.5. The number of imide groups is 1. The summed E-state index contributed by atoms with van der Waals surface area (Å²) in [6.07, 6.45) is 0. The number of thioether (sulfide) groups is 1. The molecule has 8 nitrogen and oxygen atoms in total. The highest BCUT2D eigenvalue weighted by Gasteiger charge is 2.56. The van der Waals surface area contributed by atoms with E-state index in [-0.39, 0.29) is 29.2 Å². The van der Waals surface area contributed by atoms with Gasteiger partial charge in [0.15, 0.2) is 6.61 Å². The normalized spacial score (nSPS) is 19.8. The number of hydrogen-bond acceptors (Lipinski definition) is 7. The van der Waals surface area contributed by atoms with Crippen LogP contribution in [0.25, 0.3) is 0 Å². The van der Waals surface area contributed by atoms with Crippen molar-refractivity contribution in [3.8, 4) is 5.75 Å². The van der Waals surface area contributed by atoms with E-state index in [1.807, 2.05) is 37.3 Å². The summed E-state index contributed by atoms with van der Waals surface area (Å²) in [7, 11) is 0. The molecule has 0 spiro atoms. The molecule has 202 valence electrons. The number of carbonyl (C=O) groups excluding carboxylic acids is 3. The number of nitrogens with zero attached hydrogens (tertiary/aromatic N) is 1. The number of halogens is 1. The highest BCUT2D eigenvalue weighted by Crippen LogP contribution is 2.54. The maximum atomic E-state index is 13.9. The first-order valence-electron chi connectivity index (χ1n) is 12.4. The van der Waals surface area contributed by atoms with Gasteiger partial charge in [-0.2, -0.15) is 0 Å². The molecule has 0 unspecified atom stereocenters. The van der Waals surface area contributed by atoms with Crippen molar-refractivity contribution in [2.45, 2.75) is 23.1 Å². The smallest absolute Gasteiger partial charge is 0.305 e. The van der Waals surface area contributed by atoms with E-state index < -0.39 is 17.1 Å². The van der Waals surface area contributed by atoms with Crippen molar-refractivity contribution in [2.75, 3.05) is 16.8 Å². The molecule has 3 aromatic carbocycles. The van der Waals surface area contributed by atoms with E-state index in [9.17, 15) is 19.2 Å². The molecular weight excluding hydrogens is 614 g/mol. The van der Waals surface area contributed by atoms with Gasteiger partial charge in [0.05, 0.1) is 16.6 Å². The largest absolute Gasteiger partial charge is 0.483 e. The minimum absolute atomic E-state index is 0.266. The molecule has 40 heavy (non-hydrogen) atoms. The number of nitrogens with one attached hydrogen (secondary N) is 2. The minimum atomic E-state index is -0.769. The number of H-pyrrole nitrogens is 1. The van der Waals surface area contributed by atoms with Crippen LogP contribution < -0.4 is 19.8 Å². The zero-order valence-corrected chi connectivity index (χ0v) is 24.3. The van der Waals surface area contributed by atoms with Crippen molar-refractivity contribution < 1.29 is 19.1 Å². The lowest BCUT2D eigenvalue weighted by atomic mass is 9.82. The first-order chi connectivity index (χ1) is 19.3. The summed E-state index contributed by atoms with van der Waals surface area (Å²) in [6.45, 7) is 1.67. The Hall–Kier alpha value is -3.67. The number of anilines is 2. The molecule has 1 saturated heterocycles. The summed E-state index contributed by atoms with van der Waals surface area (Å²) in [4.78, 5) is 57.2. The predicted octanol–water partition coefficient (Wildman–Crippen LogP) is 5.32. The number of aryl methyl sites for hydroxylation is 1. The topological polar surface area (TPSA) is 109 Å². The van der Waals surface area contributed by atoms with Crippen LogP contribution in [0.5, 0.6) is 5.75 Å². The number of aromatic amines is 1. The average Bonchev–Trinajstić information content (AvgIpc) is 3.42. The first-order valence-corrected chi connectivity index (χ1v) is 14.9. The van der Waals surface area contributed by atoms with Crippen LogP contribution >= 0.6 is 39.0 Å². The molecule has 1 fully saturated rings. The van der Waals surface area contributed by atoms with Gasteiger partial charge in [-0.1, -0.05) is 69.4 Å². The van der Waals surface area contributed by atoms with Crippen molar-refractivity contribution in [1.29, 1.82) is 0 Å². The van der Waals surface area contributed by atoms with Crippen LogP contribution in [0.4, 0.5) is 11.4 Å². The van der Waals surface area contributed by atoms with Gasteiger partial charge in [0.25, 0.3) is 5.91 Å². The van der Waals surface area contributed by atoms with Crippen LogP contribution in [0.15, 0.2) is 87.1 Å². The molecule has 1 aromatic heterocycles. The van der Waals surface area contributed by atoms with Gasteiger partial charge in [-0.15, -0.1) is 0 Å². The van der Waals surface area contributed by atoms with E-state index in [4.69, 9.17) is 4.74 Å². The lowest BCUT2D eigenvalue weighted by Crippen LogP contribution is -2.32. The molecule has 3 heterocycles. The molecule has 11 heteroatoms. The Kier molecular flexibility index (Phi) is 7.11. The monoisotopic (exact) mass is 635 g/mol. The number of thiazole rings is 1. The third-order valence-electron chi connectivity index (χ3n) is 6.81. The molecule has 3 amide bonds. The number of benzene rings is 3. The van der Waals surface area contributed by atoms with Crippen molar-refractivity contribution in [1.82, 2.24) is 4.98 Å². The van der Waals surface area contributed by atoms with Crippen LogP contribution in [0.1, 0.15) is 21.9 Å². The van der Waals surface area contributed by atoms with E-state index in [1.54, 1.807) is 42.5 Å². The van der Waals surface area contributed by atoms with Crippen LogP contribution in [0, 0.1) is 12.8 Å². The molecular formula is C29H22BrN3O5S2. The van der Waals surface area contributed by atoms with E-state index in [1.165, 1.54) is 16.7 Å². The van der Waals surface area contributed by atoms with Gasteiger partial charge in [-0.05, 0) is 55.0 Å². The molecule has 2 N–H and O–H groups in total. The molecule has 3 atom stereocenters. The number of hydrogen-bond donors (Lipinski definition) is 2. The summed E-state index contributed by atoms with van der Waals surface area (Å²) in [5, 5.41) is 2.67. The number of amides is 3. The van der Waals surface area contributed by atoms with Crippen molar-refractivity contribution >= 4 is 68.1 Å². The zero-order valence-electron chi connectivity index (χ0n) is 21.1. The van der Waals surface area contributed by atoms with Gasteiger partial charge in [0.2, 0.25) is 11.8 Å². The second-order valence-corrected chi connectivity index (χ2v) is 12.6. The van der Waals surface area contributed by atoms with Crippen LogP contribution in [0.2, 0.25) is 0 Å². The Balaban J connectivity index is 1.36. The third kappa shape index (κ3) is 4.89. The fourth-order valence-electron chi connectivity index (χ4n) is 5.14. The van der Waals surface area contributed by atoms with Crippen LogP contribution in [-0.4, -0.2) is 34.6 Å². The standard InChI is InChI=1S/C29H22BrN3O5S2/c1-15-6-5-7-17(12-15)31-21(34)14-38-20-11-10-16(30)13-19(20)22-23-25(39-26-24(22)40-29(37)32-26)28(36)33(27(23)35)18-8-3-2-4-9-18/h2-13,22-23,25H,14H2,1H3,(H,31,34)(H,32,37)/t22-,23-,25+/m0/s1. The molecule has 2 aliphatic heterocycles. The summed E-state index contributed by atoms with van der Waals surface area (Å²) >= 11 is 5.75. The lowest BCUT2D eigenvalue weighted by Gasteiger charge is -2.31. The van der Waals surface area contributed by atoms with E-state index >= 15 is 0 Å². The number of para-hydroxylation sites is 1. The SMILES string of the molecule is Cc1cccc(NC(=O)COc2ccc(Br)cc2[C@@H]2c3sc(=O)[nH]c3S[C@H]3C(=O)N(c4ccccc4)C(=O)[C@@H]23)c1.